The number of nitrogens with one attached hydrogen (secondary N) is 4. The van der Waals surface area contributed by atoms with Crippen LogP contribution in [0.1, 0.15) is 26.7 Å². The number of aromatic nitrogens is 2. The summed E-state index contributed by atoms with van der Waals surface area (Å²) in [6, 6.07) is 10.5. The van der Waals surface area contributed by atoms with Gasteiger partial charge in [0.25, 0.3) is 0 Å². The second kappa shape index (κ2) is 10.6. The van der Waals surface area contributed by atoms with Crippen molar-refractivity contribution < 1.29 is 9.13 Å². The lowest BCUT2D eigenvalue weighted by Gasteiger charge is -2.23. The van der Waals surface area contributed by atoms with Crippen molar-refractivity contribution in [2.45, 2.75) is 32.7 Å². The lowest BCUT2D eigenvalue weighted by atomic mass is 9.93. The van der Waals surface area contributed by atoms with Crippen LogP contribution < -0.4 is 20.7 Å². The molecule has 3 aromatic rings. The van der Waals surface area contributed by atoms with Crippen molar-refractivity contribution in [1.82, 2.24) is 20.6 Å². The Balaban J connectivity index is 1.71. The van der Waals surface area contributed by atoms with Crippen LogP contribution in [0.5, 0.6) is 5.75 Å². The molecule has 178 valence electrons. The van der Waals surface area contributed by atoms with Gasteiger partial charge in [-0.1, -0.05) is 18.2 Å². The van der Waals surface area contributed by atoms with Gasteiger partial charge in [0.15, 0.2) is 0 Å². The molecule has 1 saturated heterocycles. The van der Waals surface area contributed by atoms with Gasteiger partial charge in [-0.3, -0.25) is 0 Å². The van der Waals surface area contributed by atoms with E-state index in [1.54, 1.807) is 13.3 Å². The van der Waals surface area contributed by atoms with Crippen molar-refractivity contribution in [2.24, 2.45) is 5.92 Å². The highest BCUT2D eigenvalue weighted by Crippen LogP contribution is 2.35. The molecule has 4 N–H and O–H groups in total. The minimum absolute atomic E-state index is 0.151. The summed E-state index contributed by atoms with van der Waals surface area (Å²) in [7, 11) is 1.59. The number of fused-ring (bicyclic) bond motifs is 1. The summed E-state index contributed by atoms with van der Waals surface area (Å²) in [5, 5.41) is 19.1. The predicted octanol–water partition coefficient (Wildman–Crippen LogP) is 4.72. The molecule has 0 spiro atoms. The first-order valence-corrected chi connectivity index (χ1v) is 11.6. The van der Waals surface area contributed by atoms with Gasteiger partial charge in [-0.2, -0.15) is 0 Å². The SMILES string of the molecule is COc1ccccc1-c1cc(F)cc2cnc(N/C(=C/C(=N)C3CCNCC3)NC(C)C)nc12. The second-order valence-electron chi connectivity index (χ2n) is 8.75. The summed E-state index contributed by atoms with van der Waals surface area (Å²) in [5.74, 6) is 1.53. The minimum atomic E-state index is -0.366. The van der Waals surface area contributed by atoms with Crippen LogP contribution in [-0.4, -0.2) is 41.9 Å². The van der Waals surface area contributed by atoms with E-state index in [2.05, 4.69) is 20.9 Å². The van der Waals surface area contributed by atoms with Crippen molar-refractivity contribution in [3.8, 4) is 16.9 Å². The summed E-state index contributed by atoms with van der Waals surface area (Å²) in [4.78, 5) is 9.14. The number of halogens is 1. The molecule has 1 aliphatic rings. The molecule has 4 rings (SSSR count). The van der Waals surface area contributed by atoms with Gasteiger partial charge in [-0.25, -0.2) is 14.4 Å². The van der Waals surface area contributed by atoms with Gasteiger partial charge in [-0.05, 0) is 64.1 Å². The monoisotopic (exact) mass is 462 g/mol. The van der Waals surface area contributed by atoms with E-state index >= 15 is 0 Å². The molecule has 0 aliphatic carbocycles. The van der Waals surface area contributed by atoms with E-state index in [1.807, 2.05) is 44.2 Å². The fourth-order valence-corrected chi connectivity index (χ4v) is 4.19. The maximum Gasteiger partial charge on any atom is 0.228 e. The van der Waals surface area contributed by atoms with Crippen LogP contribution in [0.4, 0.5) is 10.3 Å². The molecule has 1 aromatic heterocycles. The Labute approximate surface area is 199 Å². The highest BCUT2D eigenvalue weighted by molar-refractivity contribution is 5.96. The molecule has 1 aliphatic heterocycles. The first-order valence-electron chi connectivity index (χ1n) is 11.6. The molecule has 0 amide bonds. The van der Waals surface area contributed by atoms with Crippen LogP contribution in [0, 0.1) is 17.1 Å². The maximum absolute atomic E-state index is 14.4. The molecular weight excluding hydrogens is 431 g/mol. The normalized spacial score (nSPS) is 14.9. The quantitative estimate of drug-likeness (QED) is 0.362. The third-order valence-corrected chi connectivity index (χ3v) is 5.81. The second-order valence-corrected chi connectivity index (χ2v) is 8.75. The zero-order valence-corrected chi connectivity index (χ0v) is 19.8. The number of ether oxygens (including phenoxy) is 1. The summed E-state index contributed by atoms with van der Waals surface area (Å²) in [6.07, 6.45) is 5.34. The molecule has 0 saturated carbocycles. The van der Waals surface area contributed by atoms with Gasteiger partial charge < -0.3 is 26.1 Å². The Bertz CT molecular complexity index is 1200. The van der Waals surface area contributed by atoms with E-state index in [4.69, 9.17) is 15.1 Å². The number of hydrogen-bond acceptors (Lipinski definition) is 7. The number of piperidine rings is 1. The van der Waals surface area contributed by atoms with Crippen molar-refractivity contribution in [3.05, 3.63) is 60.3 Å². The predicted molar refractivity (Wildman–Crippen MR) is 135 cm³/mol. The molecule has 2 heterocycles. The number of nitrogens with zero attached hydrogens (tertiary/aromatic N) is 2. The van der Waals surface area contributed by atoms with Crippen LogP contribution in [0.3, 0.4) is 0 Å². The Kier molecular flexibility index (Phi) is 7.37. The number of anilines is 1. The van der Waals surface area contributed by atoms with Gasteiger partial charge in [0.1, 0.15) is 17.4 Å². The van der Waals surface area contributed by atoms with Crippen LogP contribution in [0.2, 0.25) is 0 Å². The Morgan fingerprint density at radius 1 is 1.21 bits per heavy atom. The van der Waals surface area contributed by atoms with Gasteiger partial charge in [0, 0.05) is 40.4 Å². The van der Waals surface area contributed by atoms with Gasteiger partial charge in [-0.15, -0.1) is 0 Å². The van der Waals surface area contributed by atoms with Crippen LogP contribution in [0.25, 0.3) is 22.0 Å². The number of methoxy groups -OCH3 is 1. The Morgan fingerprint density at radius 3 is 2.71 bits per heavy atom. The average molecular weight is 463 g/mol. The molecule has 2 aromatic carbocycles. The zero-order chi connectivity index (χ0) is 24.1. The fourth-order valence-electron chi connectivity index (χ4n) is 4.19. The maximum atomic E-state index is 14.4. The third-order valence-electron chi connectivity index (χ3n) is 5.81. The lowest BCUT2D eigenvalue weighted by Crippen LogP contribution is -2.32. The highest BCUT2D eigenvalue weighted by atomic mass is 19.1. The number of benzene rings is 2. The molecule has 0 atom stereocenters. The number of rotatable bonds is 8. The number of para-hydroxylation sites is 1. The van der Waals surface area contributed by atoms with Crippen molar-refractivity contribution >= 4 is 22.6 Å². The van der Waals surface area contributed by atoms with E-state index in [0.717, 1.165) is 31.5 Å². The molecule has 0 bridgehead atoms. The van der Waals surface area contributed by atoms with Gasteiger partial charge in [0.2, 0.25) is 5.95 Å². The Morgan fingerprint density at radius 2 is 1.97 bits per heavy atom. The smallest absolute Gasteiger partial charge is 0.228 e. The number of allylic oxidation sites excluding steroid dienone is 1. The number of hydrogen-bond donors (Lipinski definition) is 4. The fraction of sp³-hybridized carbons (Fsp3) is 0.346. The van der Waals surface area contributed by atoms with Crippen molar-refractivity contribution in [3.63, 3.8) is 0 Å². The Hall–Kier alpha value is -3.52. The molecule has 0 radical (unpaired) electrons. The largest absolute Gasteiger partial charge is 0.496 e. The van der Waals surface area contributed by atoms with E-state index in [9.17, 15) is 4.39 Å². The first-order chi connectivity index (χ1) is 16.4. The minimum Gasteiger partial charge on any atom is -0.496 e. The van der Waals surface area contributed by atoms with Gasteiger partial charge in [0.05, 0.1) is 12.6 Å². The third kappa shape index (κ3) is 5.51. The summed E-state index contributed by atoms with van der Waals surface area (Å²) in [5.41, 5.74) is 2.57. The van der Waals surface area contributed by atoms with E-state index in [-0.39, 0.29) is 17.8 Å². The van der Waals surface area contributed by atoms with Crippen LogP contribution >= 0.6 is 0 Å². The molecule has 8 heteroatoms. The summed E-state index contributed by atoms with van der Waals surface area (Å²) in [6.45, 7) is 5.93. The van der Waals surface area contributed by atoms with Crippen molar-refractivity contribution in [2.75, 3.05) is 25.5 Å². The standard InChI is InChI=1S/C26H31FN6O/c1-16(2)31-24(14-22(28)17-8-10-29-11-9-17)32-26-30-15-18-12-19(27)13-21(25(18)33-26)20-6-4-5-7-23(20)34-3/h4-7,12-17,28-29,31H,8-11H2,1-3H3,(H,30,32,33)/b24-14+,28-22?. The van der Waals surface area contributed by atoms with E-state index in [0.29, 0.717) is 39.7 Å². The van der Waals surface area contributed by atoms with Gasteiger partial charge >= 0.3 is 0 Å². The van der Waals surface area contributed by atoms with E-state index in [1.165, 1.54) is 12.1 Å². The molecule has 34 heavy (non-hydrogen) atoms. The highest BCUT2D eigenvalue weighted by Gasteiger charge is 2.18. The molecule has 1 fully saturated rings. The van der Waals surface area contributed by atoms with Crippen LogP contribution in [-0.2, 0) is 0 Å². The molecule has 0 unspecified atom stereocenters. The molecule has 7 nitrogen and oxygen atoms in total. The van der Waals surface area contributed by atoms with Crippen LogP contribution in [0.15, 0.2) is 54.5 Å². The topological polar surface area (TPSA) is 95.0 Å². The first kappa shape index (κ1) is 23.6. The lowest BCUT2D eigenvalue weighted by molar-refractivity contribution is 0.416. The average Bonchev–Trinajstić information content (AvgIpc) is 2.83. The molecular formula is C26H31FN6O. The van der Waals surface area contributed by atoms with Crippen molar-refractivity contribution in [1.29, 1.82) is 5.41 Å². The summed E-state index contributed by atoms with van der Waals surface area (Å²) < 4.78 is 19.9. The van der Waals surface area contributed by atoms with E-state index < -0.39 is 0 Å². The summed E-state index contributed by atoms with van der Waals surface area (Å²) >= 11 is 0. The zero-order valence-electron chi connectivity index (χ0n) is 19.8.